The number of nitro benzene ring substituents is 1. The van der Waals surface area contributed by atoms with E-state index in [1.54, 1.807) is 41.9 Å². The highest BCUT2D eigenvalue weighted by atomic mass is 35.5. The van der Waals surface area contributed by atoms with Crippen molar-refractivity contribution in [1.82, 2.24) is 14.8 Å². The largest absolute Gasteiger partial charge is 0.483 e. The Bertz CT molecular complexity index is 1070. The molecule has 0 aliphatic rings. The van der Waals surface area contributed by atoms with Crippen molar-refractivity contribution in [3.05, 3.63) is 69.5 Å². The average molecular weight is 448 g/mol. The molecule has 0 aliphatic carbocycles. The number of anilines is 1. The van der Waals surface area contributed by atoms with Crippen LogP contribution in [0.1, 0.15) is 18.9 Å². The van der Waals surface area contributed by atoms with Crippen LogP contribution >= 0.6 is 23.4 Å². The normalized spacial score (nSPS) is 11.7. The summed E-state index contributed by atoms with van der Waals surface area (Å²) in [4.78, 5) is 22.7. The molecular formula is C19H18ClN5O4S. The van der Waals surface area contributed by atoms with Gasteiger partial charge in [-0.2, -0.15) is 0 Å². The molecule has 1 N–H and O–H groups in total. The van der Waals surface area contributed by atoms with E-state index in [0.717, 1.165) is 0 Å². The monoisotopic (exact) mass is 447 g/mol. The van der Waals surface area contributed by atoms with Crippen molar-refractivity contribution in [1.29, 1.82) is 0 Å². The van der Waals surface area contributed by atoms with Gasteiger partial charge in [0.1, 0.15) is 11.4 Å². The number of nitrogens with one attached hydrogen (secondary N) is 1. The Morgan fingerprint density at radius 3 is 2.80 bits per heavy atom. The molecule has 3 rings (SSSR count). The lowest BCUT2D eigenvalue weighted by Gasteiger charge is -2.14. The standard InChI is InChI=1S/C19H18ClN5O4S/c1-12(29-14-7-5-6-13(20)10-14)18-22-23-19(24(18)2)30-11-17(26)21-15-8-3-4-9-16(15)25(27)28/h3-10,12H,11H2,1-2H3,(H,21,26). The molecule has 0 radical (unpaired) electrons. The van der Waals surface area contributed by atoms with Crippen molar-refractivity contribution in [2.75, 3.05) is 11.1 Å². The number of ether oxygens (including phenoxy) is 1. The number of para-hydroxylation sites is 2. The number of benzene rings is 2. The maximum Gasteiger partial charge on any atom is 0.292 e. The van der Waals surface area contributed by atoms with Crippen LogP contribution in [0.2, 0.25) is 5.02 Å². The summed E-state index contributed by atoms with van der Waals surface area (Å²) in [5.74, 6) is 0.816. The fraction of sp³-hybridized carbons (Fsp3) is 0.211. The SMILES string of the molecule is CC(Oc1cccc(Cl)c1)c1nnc(SCC(=O)Nc2ccccc2[N+](=O)[O-])n1C. The van der Waals surface area contributed by atoms with Gasteiger partial charge in [-0.25, -0.2) is 0 Å². The van der Waals surface area contributed by atoms with Crippen LogP contribution in [-0.2, 0) is 11.8 Å². The summed E-state index contributed by atoms with van der Waals surface area (Å²) in [6.07, 6.45) is -0.392. The number of hydrogen-bond acceptors (Lipinski definition) is 7. The van der Waals surface area contributed by atoms with Crippen LogP contribution in [0.15, 0.2) is 53.7 Å². The first kappa shape index (κ1) is 21.6. The maximum absolute atomic E-state index is 12.2. The molecule has 1 atom stereocenters. The molecule has 2 aromatic carbocycles. The van der Waals surface area contributed by atoms with Gasteiger partial charge in [0.25, 0.3) is 5.69 Å². The predicted molar refractivity (Wildman–Crippen MR) is 114 cm³/mol. The molecule has 9 nitrogen and oxygen atoms in total. The van der Waals surface area contributed by atoms with Crippen LogP contribution in [0.4, 0.5) is 11.4 Å². The van der Waals surface area contributed by atoms with Crippen molar-refractivity contribution < 1.29 is 14.5 Å². The van der Waals surface area contributed by atoms with Crippen molar-refractivity contribution in [3.63, 3.8) is 0 Å². The Balaban J connectivity index is 1.61. The first-order chi connectivity index (χ1) is 14.3. The number of halogens is 1. The van der Waals surface area contributed by atoms with Crippen molar-refractivity contribution >= 4 is 40.6 Å². The smallest absolute Gasteiger partial charge is 0.292 e. The summed E-state index contributed by atoms with van der Waals surface area (Å²) < 4.78 is 7.59. The van der Waals surface area contributed by atoms with Gasteiger partial charge in [-0.05, 0) is 31.2 Å². The molecule has 1 amide bonds. The van der Waals surface area contributed by atoms with Crippen LogP contribution in [0, 0.1) is 10.1 Å². The third kappa shape index (κ3) is 5.28. The van der Waals surface area contributed by atoms with E-state index in [2.05, 4.69) is 15.5 Å². The predicted octanol–water partition coefficient (Wildman–Crippen LogP) is 4.25. The number of nitrogens with zero attached hydrogens (tertiary/aromatic N) is 4. The van der Waals surface area contributed by atoms with Gasteiger partial charge >= 0.3 is 0 Å². The molecular weight excluding hydrogens is 430 g/mol. The van der Waals surface area contributed by atoms with Crippen molar-refractivity contribution in [2.45, 2.75) is 18.2 Å². The number of aromatic nitrogens is 3. The first-order valence-electron chi connectivity index (χ1n) is 8.82. The number of amides is 1. The Hall–Kier alpha value is -3.11. The Labute approximate surface area is 181 Å². The minimum absolute atomic E-state index is 0.0154. The number of carbonyl (C=O) groups excluding carboxylic acids is 1. The second-order valence-electron chi connectivity index (χ2n) is 6.23. The second-order valence-corrected chi connectivity index (χ2v) is 7.61. The molecule has 0 saturated heterocycles. The molecule has 11 heteroatoms. The van der Waals surface area contributed by atoms with Gasteiger partial charge in [0, 0.05) is 18.1 Å². The maximum atomic E-state index is 12.2. The van der Waals surface area contributed by atoms with E-state index in [4.69, 9.17) is 16.3 Å². The molecule has 1 unspecified atom stereocenters. The van der Waals surface area contributed by atoms with Gasteiger partial charge in [-0.3, -0.25) is 14.9 Å². The fourth-order valence-corrected chi connectivity index (χ4v) is 3.56. The third-order valence-electron chi connectivity index (χ3n) is 4.05. The Kier molecular flexibility index (Phi) is 6.91. The van der Waals surface area contributed by atoms with E-state index < -0.39 is 11.0 Å². The summed E-state index contributed by atoms with van der Waals surface area (Å²) in [7, 11) is 1.77. The van der Waals surface area contributed by atoms with E-state index in [9.17, 15) is 14.9 Å². The molecule has 0 fully saturated rings. The van der Waals surface area contributed by atoms with Gasteiger partial charge in [-0.1, -0.05) is 41.6 Å². The number of carbonyl (C=O) groups is 1. The zero-order valence-electron chi connectivity index (χ0n) is 16.1. The molecule has 30 heavy (non-hydrogen) atoms. The molecule has 1 heterocycles. The Morgan fingerprint density at radius 2 is 2.07 bits per heavy atom. The lowest BCUT2D eigenvalue weighted by atomic mass is 10.2. The molecule has 0 spiro atoms. The quantitative estimate of drug-likeness (QED) is 0.312. The fourth-order valence-electron chi connectivity index (χ4n) is 2.66. The van der Waals surface area contributed by atoms with Gasteiger partial charge in [0.2, 0.25) is 5.91 Å². The van der Waals surface area contributed by atoms with Crippen LogP contribution in [0.25, 0.3) is 0 Å². The molecule has 0 saturated carbocycles. The summed E-state index contributed by atoms with van der Waals surface area (Å²) >= 11 is 7.14. The van der Waals surface area contributed by atoms with E-state index in [-0.39, 0.29) is 23.0 Å². The number of rotatable bonds is 8. The zero-order chi connectivity index (χ0) is 21.7. The van der Waals surface area contributed by atoms with E-state index >= 15 is 0 Å². The molecule has 3 aromatic rings. The average Bonchev–Trinajstić information content (AvgIpc) is 3.07. The summed E-state index contributed by atoms with van der Waals surface area (Å²) in [5, 5.41) is 22.9. The van der Waals surface area contributed by atoms with Crippen LogP contribution < -0.4 is 10.1 Å². The molecule has 0 bridgehead atoms. The highest BCUT2D eigenvalue weighted by molar-refractivity contribution is 7.99. The van der Waals surface area contributed by atoms with Crippen LogP contribution in [0.5, 0.6) is 5.75 Å². The summed E-state index contributed by atoms with van der Waals surface area (Å²) in [6, 6.07) is 13.0. The third-order valence-corrected chi connectivity index (χ3v) is 5.30. The Morgan fingerprint density at radius 1 is 1.30 bits per heavy atom. The minimum atomic E-state index is -0.543. The first-order valence-corrected chi connectivity index (χ1v) is 10.2. The number of thioether (sulfide) groups is 1. The molecule has 0 aliphatic heterocycles. The number of nitro groups is 1. The highest BCUT2D eigenvalue weighted by Crippen LogP contribution is 2.26. The van der Waals surface area contributed by atoms with Crippen LogP contribution in [0.3, 0.4) is 0 Å². The van der Waals surface area contributed by atoms with Gasteiger partial charge < -0.3 is 14.6 Å². The van der Waals surface area contributed by atoms with Crippen molar-refractivity contribution in [2.24, 2.45) is 7.05 Å². The van der Waals surface area contributed by atoms with Gasteiger partial charge in [0.15, 0.2) is 17.1 Å². The van der Waals surface area contributed by atoms with Gasteiger partial charge in [0.05, 0.1) is 10.7 Å². The summed E-state index contributed by atoms with van der Waals surface area (Å²) in [6.45, 7) is 1.83. The van der Waals surface area contributed by atoms with Crippen LogP contribution in [-0.4, -0.2) is 31.3 Å². The highest BCUT2D eigenvalue weighted by Gasteiger charge is 2.19. The van der Waals surface area contributed by atoms with E-state index in [1.807, 2.05) is 6.92 Å². The molecule has 1 aromatic heterocycles. The lowest BCUT2D eigenvalue weighted by molar-refractivity contribution is -0.383. The number of hydrogen-bond donors (Lipinski definition) is 1. The van der Waals surface area contributed by atoms with E-state index in [0.29, 0.717) is 21.8 Å². The van der Waals surface area contributed by atoms with E-state index in [1.165, 1.54) is 30.0 Å². The second kappa shape index (κ2) is 9.59. The lowest BCUT2D eigenvalue weighted by Crippen LogP contribution is -2.15. The minimum Gasteiger partial charge on any atom is -0.483 e. The van der Waals surface area contributed by atoms with Gasteiger partial charge in [-0.15, -0.1) is 10.2 Å². The summed E-state index contributed by atoms with van der Waals surface area (Å²) in [5.41, 5.74) is -0.0147. The molecule has 156 valence electrons. The van der Waals surface area contributed by atoms with Crippen molar-refractivity contribution in [3.8, 4) is 5.75 Å². The zero-order valence-corrected chi connectivity index (χ0v) is 17.7. The topological polar surface area (TPSA) is 112 Å².